The monoisotopic (exact) mass is 432 g/mol. The number of halogens is 5. The highest BCUT2D eigenvalue weighted by Crippen LogP contribution is 2.38. The highest BCUT2D eigenvalue weighted by atomic mass is 35.5. The molecule has 0 spiro atoms. The third-order valence-corrected chi connectivity index (χ3v) is 4.08. The SMILES string of the molecule is OCCOc1c(CNc2nc(Cl)nc3cnc(Cl)cc23)cccc1C(F)(F)F. The second kappa shape index (κ2) is 8.34. The van der Waals surface area contributed by atoms with Crippen molar-refractivity contribution in [3.63, 3.8) is 0 Å². The minimum atomic E-state index is -4.61. The summed E-state index contributed by atoms with van der Waals surface area (Å²) in [4.78, 5) is 12.0. The van der Waals surface area contributed by atoms with Crippen LogP contribution in [-0.4, -0.2) is 33.3 Å². The van der Waals surface area contributed by atoms with Crippen LogP contribution in [0.1, 0.15) is 11.1 Å². The van der Waals surface area contributed by atoms with Gasteiger partial charge in [0.25, 0.3) is 0 Å². The molecule has 0 bridgehead atoms. The lowest BCUT2D eigenvalue weighted by atomic mass is 10.1. The Kier molecular flexibility index (Phi) is 6.07. The fraction of sp³-hybridized carbons (Fsp3) is 0.235. The molecule has 0 amide bonds. The maximum atomic E-state index is 13.3. The minimum Gasteiger partial charge on any atom is -0.490 e. The molecular weight excluding hydrogens is 420 g/mol. The van der Waals surface area contributed by atoms with Gasteiger partial charge in [0.1, 0.15) is 23.3 Å². The van der Waals surface area contributed by atoms with Gasteiger partial charge in [0, 0.05) is 17.5 Å². The molecule has 0 unspecified atom stereocenters. The standard InChI is InChI=1S/C17H13Cl2F3N4O2/c18-13-6-10-12(8-23-13)25-16(19)26-15(10)24-7-9-2-1-3-11(17(20,21)22)14(9)28-5-4-27/h1-3,6,8,27H,4-5,7H2,(H,24,25,26). The summed E-state index contributed by atoms with van der Waals surface area (Å²) in [6.45, 7) is -0.743. The van der Waals surface area contributed by atoms with Crippen molar-refractivity contribution in [2.45, 2.75) is 12.7 Å². The summed E-state index contributed by atoms with van der Waals surface area (Å²) in [5, 5.41) is 12.5. The Balaban J connectivity index is 1.97. The lowest BCUT2D eigenvalue weighted by Crippen LogP contribution is -2.14. The summed E-state index contributed by atoms with van der Waals surface area (Å²) >= 11 is 11.8. The molecule has 2 aromatic heterocycles. The van der Waals surface area contributed by atoms with Crippen molar-refractivity contribution in [3.05, 3.63) is 52.0 Å². The quantitative estimate of drug-likeness (QED) is 0.445. The van der Waals surface area contributed by atoms with Gasteiger partial charge in [0.2, 0.25) is 5.28 Å². The summed E-state index contributed by atoms with van der Waals surface area (Å²) in [7, 11) is 0. The molecule has 0 saturated heterocycles. The first-order valence-corrected chi connectivity index (χ1v) is 8.70. The molecule has 0 aliphatic rings. The van der Waals surface area contributed by atoms with Crippen LogP contribution in [0.25, 0.3) is 10.9 Å². The molecule has 3 rings (SSSR count). The van der Waals surface area contributed by atoms with Gasteiger partial charge < -0.3 is 15.2 Å². The van der Waals surface area contributed by atoms with E-state index < -0.39 is 18.3 Å². The topological polar surface area (TPSA) is 80.2 Å². The molecule has 6 nitrogen and oxygen atoms in total. The van der Waals surface area contributed by atoms with Gasteiger partial charge >= 0.3 is 6.18 Å². The average Bonchev–Trinajstić information content (AvgIpc) is 2.64. The molecule has 28 heavy (non-hydrogen) atoms. The molecule has 2 N–H and O–H groups in total. The van der Waals surface area contributed by atoms with Crippen LogP contribution in [0.5, 0.6) is 5.75 Å². The minimum absolute atomic E-state index is 0.0485. The van der Waals surface area contributed by atoms with Crippen LogP contribution >= 0.6 is 23.2 Å². The summed E-state index contributed by atoms with van der Waals surface area (Å²) in [5.41, 5.74) is -0.280. The van der Waals surface area contributed by atoms with Crippen molar-refractivity contribution in [3.8, 4) is 5.75 Å². The zero-order valence-electron chi connectivity index (χ0n) is 14.1. The largest absolute Gasteiger partial charge is 0.490 e. The number of benzene rings is 1. The predicted octanol–water partition coefficient (Wildman–Crippen LogP) is 4.33. The second-order valence-electron chi connectivity index (χ2n) is 5.58. The molecule has 11 heteroatoms. The van der Waals surface area contributed by atoms with Gasteiger partial charge in [0.05, 0.1) is 23.9 Å². The first-order valence-electron chi connectivity index (χ1n) is 7.95. The number of alkyl halides is 3. The molecule has 2 heterocycles. The first kappa shape index (κ1) is 20.4. The number of rotatable bonds is 6. The van der Waals surface area contributed by atoms with Crippen molar-refractivity contribution in [2.75, 3.05) is 18.5 Å². The Morgan fingerprint density at radius 3 is 2.68 bits per heavy atom. The van der Waals surface area contributed by atoms with Gasteiger partial charge in [-0.3, -0.25) is 0 Å². The zero-order chi connectivity index (χ0) is 20.3. The van der Waals surface area contributed by atoms with Crippen molar-refractivity contribution in [1.29, 1.82) is 0 Å². The Bertz CT molecular complexity index is 1000. The Morgan fingerprint density at radius 1 is 1.18 bits per heavy atom. The van der Waals surface area contributed by atoms with Gasteiger partial charge in [-0.15, -0.1) is 0 Å². The molecule has 0 aliphatic heterocycles. The van der Waals surface area contributed by atoms with E-state index in [9.17, 15) is 13.2 Å². The van der Waals surface area contributed by atoms with E-state index in [0.29, 0.717) is 10.9 Å². The van der Waals surface area contributed by atoms with E-state index in [2.05, 4.69) is 20.3 Å². The molecular formula is C17H13Cl2F3N4O2. The summed E-state index contributed by atoms with van der Waals surface area (Å²) in [5.74, 6) is -0.0782. The summed E-state index contributed by atoms with van der Waals surface area (Å²) in [6.07, 6.45) is -3.19. The predicted molar refractivity (Wildman–Crippen MR) is 98.7 cm³/mol. The molecule has 0 fully saturated rings. The number of aliphatic hydroxyl groups excluding tert-OH is 1. The molecule has 148 valence electrons. The smallest absolute Gasteiger partial charge is 0.419 e. The lowest BCUT2D eigenvalue weighted by molar-refractivity contribution is -0.139. The highest BCUT2D eigenvalue weighted by Gasteiger charge is 2.35. The molecule has 0 radical (unpaired) electrons. The van der Waals surface area contributed by atoms with Crippen LogP contribution in [0.3, 0.4) is 0 Å². The maximum Gasteiger partial charge on any atom is 0.419 e. The van der Waals surface area contributed by atoms with E-state index in [-0.39, 0.29) is 40.7 Å². The number of aliphatic hydroxyl groups is 1. The molecule has 0 saturated carbocycles. The lowest BCUT2D eigenvalue weighted by Gasteiger charge is -2.18. The molecule has 1 aromatic carbocycles. The van der Waals surface area contributed by atoms with E-state index in [1.807, 2.05) is 0 Å². The Hall–Kier alpha value is -2.36. The average molecular weight is 433 g/mol. The third-order valence-electron chi connectivity index (χ3n) is 3.71. The van der Waals surface area contributed by atoms with Crippen molar-refractivity contribution in [2.24, 2.45) is 0 Å². The van der Waals surface area contributed by atoms with Crippen LogP contribution in [0.2, 0.25) is 10.4 Å². The van der Waals surface area contributed by atoms with Crippen LogP contribution < -0.4 is 10.1 Å². The van der Waals surface area contributed by atoms with Gasteiger partial charge in [-0.25, -0.2) is 15.0 Å². The van der Waals surface area contributed by atoms with Crippen molar-refractivity contribution in [1.82, 2.24) is 15.0 Å². The van der Waals surface area contributed by atoms with E-state index in [4.69, 9.17) is 33.0 Å². The van der Waals surface area contributed by atoms with Crippen LogP contribution in [0, 0.1) is 0 Å². The highest BCUT2D eigenvalue weighted by molar-refractivity contribution is 6.30. The first-order chi connectivity index (χ1) is 13.3. The van der Waals surface area contributed by atoms with Crippen LogP contribution in [0.4, 0.5) is 19.0 Å². The zero-order valence-corrected chi connectivity index (χ0v) is 15.6. The molecule has 0 aliphatic carbocycles. The van der Waals surface area contributed by atoms with Gasteiger partial charge in [-0.2, -0.15) is 13.2 Å². The Labute approximate surface area is 167 Å². The maximum absolute atomic E-state index is 13.3. The molecule has 0 atom stereocenters. The summed E-state index contributed by atoms with van der Waals surface area (Å²) < 4.78 is 45.1. The van der Waals surface area contributed by atoms with Crippen molar-refractivity contribution >= 4 is 39.9 Å². The molecule has 3 aromatic rings. The Morgan fingerprint density at radius 2 is 1.96 bits per heavy atom. The van der Waals surface area contributed by atoms with Gasteiger partial charge in [-0.1, -0.05) is 23.7 Å². The van der Waals surface area contributed by atoms with E-state index in [0.717, 1.165) is 6.07 Å². The number of para-hydroxylation sites is 1. The fourth-order valence-corrected chi connectivity index (χ4v) is 2.89. The van der Waals surface area contributed by atoms with E-state index >= 15 is 0 Å². The number of anilines is 1. The van der Waals surface area contributed by atoms with Crippen molar-refractivity contribution < 1.29 is 23.0 Å². The normalized spacial score (nSPS) is 11.6. The number of aromatic nitrogens is 3. The number of hydrogen-bond acceptors (Lipinski definition) is 6. The fourth-order valence-electron chi connectivity index (χ4n) is 2.56. The summed E-state index contributed by atoms with van der Waals surface area (Å²) in [6, 6.07) is 5.19. The van der Waals surface area contributed by atoms with Crippen LogP contribution in [0.15, 0.2) is 30.5 Å². The van der Waals surface area contributed by atoms with Gasteiger partial charge in [-0.05, 0) is 23.7 Å². The number of hydrogen-bond donors (Lipinski definition) is 2. The number of nitrogens with zero attached hydrogens (tertiary/aromatic N) is 3. The number of pyridine rings is 1. The number of fused-ring (bicyclic) bond motifs is 1. The van der Waals surface area contributed by atoms with Crippen LogP contribution in [-0.2, 0) is 12.7 Å². The second-order valence-corrected chi connectivity index (χ2v) is 6.31. The van der Waals surface area contributed by atoms with E-state index in [1.54, 1.807) is 0 Å². The number of ether oxygens (including phenoxy) is 1. The third kappa shape index (κ3) is 4.54. The number of nitrogens with one attached hydrogen (secondary N) is 1. The van der Waals surface area contributed by atoms with Gasteiger partial charge in [0.15, 0.2) is 0 Å². The van der Waals surface area contributed by atoms with E-state index in [1.165, 1.54) is 24.4 Å².